The summed E-state index contributed by atoms with van der Waals surface area (Å²) in [5.74, 6) is 0.189. The molecule has 34 heavy (non-hydrogen) atoms. The van der Waals surface area contributed by atoms with E-state index < -0.39 is 9.84 Å². The van der Waals surface area contributed by atoms with Gasteiger partial charge in [0.25, 0.3) is 0 Å². The maximum atomic E-state index is 13.5. The largest absolute Gasteiger partial charge is 0.376 e. The Hall–Kier alpha value is -1.97. The first-order valence-corrected chi connectivity index (χ1v) is 14.1. The van der Waals surface area contributed by atoms with Crippen LogP contribution >= 0.6 is 12.2 Å². The van der Waals surface area contributed by atoms with Gasteiger partial charge >= 0.3 is 0 Å². The highest BCUT2D eigenvalue weighted by atomic mass is 32.2. The number of nitrogens with zero attached hydrogens (tertiary/aromatic N) is 3. The molecule has 188 valence electrons. The lowest BCUT2D eigenvalue weighted by Gasteiger charge is -2.30. The summed E-state index contributed by atoms with van der Waals surface area (Å²) < 4.78 is 34.6. The quantitative estimate of drug-likeness (QED) is 0.487. The van der Waals surface area contributed by atoms with Crippen molar-refractivity contribution in [1.29, 1.82) is 0 Å². The lowest BCUT2D eigenvalue weighted by Crippen LogP contribution is -2.45. The third-order valence-electron chi connectivity index (χ3n) is 5.83. The second kappa shape index (κ2) is 11.6. The highest BCUT2D eigenvalue weighted by Crippen LogP contribution is 2.22. The number of imidazole rings is 1. The minimum atomic E-state index is -3.63. The van der Waals surface area contributed by atoms with E-state index in [1.165, 1.54) is 0 Å². The van der Waals surface area contributed by atoms with Crippen molar-refractivity contribution < 1.29 is 13.2 Å². The highest BCUT2D eigenvalue weighted by molar-refractivity contribution is 7.90. The molecule has 1 atom stereocenters. The number of hydrogen-bond acceptors (Lipinski definition) is 5. The summed E-state index contributed by atoms with van der Waals surface area (Å²) in [4.78, 5) is 6.51. The molecule has 0 aliphatic carbocycles. The van der Waals surface area contributed by atoms with Gasteiger partial charge in [-0.2, -0.15) is 0 Å². The monoisotopic (exact) mass is 506 g/mol. The molecule has 0 saturated carbocycles. The molecule has 0 unspecified atom stereocenters. The maximum absolute atomic E-state index is 13.5. The van der Waals surface area contributed by atoms with Gasteiger partial charge in [0.1, 0.15) is 0 Å². The van der Waals surface area contributed by atoms with Crippen LogP contribution in [0.25, 0.3) is 0 Å². The van der Waals surface area contributed by atoms with Crippen LogP contribution in [0.15, 0.2) is 35.6 Å². The van der Waals surface area contributed by atoms with Crippen molar-refractivity contribution in [3.8, 4) is 0 Å². The van der Waals surface area contributed by atoms with E-state index in [1.54, 1.807) is 6.20 Å². The number of benzene rings is 1. The van der Waals surface area contributed by atoms with Crippen LogP contribution in [0.4, 0.5) is 0 Å². The summed E-state index contributed by atoms with van der Waals surface area (Å²) in [6.45, 7) is 12.7. The van der Waals surface area contributed by atoms with E-state index in [9.17, 15) is 8.42 Å². The lowest BCUT2D eigenvalue weighted by atomic mass is 10.1. The summed E-state index contributed by atoms with van der Waals surface area (Å²) in [6.07, 6.45) is 3.86. The first-order chi connectivity index (χ1) is 16.1. The molecular weight excluding hydrogens is 468 g/mol. The number of sulfone groups is 1. The average molecular weight is 507 g/mol. The van der Waals surface area contributed by atoms with Crippen LogP contribution in [0.2, 0.25) is 0 Å². The first kappa shape index (κ1) is 26.6. The zero-order valence-corrected chi connectivity index (χ0v) is 22.6. The van der Waals surface area contributed by atoms with E-state index in [0.29, 0.717) is 24.7 Å². The second-order valence-electron chi connectivity index (χ2n) is 9.84. The van der Waals surface area contributed by atoms with Gasteiger partial charge < -0.3 is 19.5 Å². The number of aryl methyl sites for hydroxylation is 1. The molecule has 1 aromatic carbocycles. The fraction of sp³-hybridized carbons (Fsp3) is 0.600. The Bertz CT molecular complexity index is 1070. The Kier molecular flexibility index (Phi) is 9.12. The third-order valence-corrected chi connectivity index (χ3v) is 7.78. The lowest BCUT2D eigenvalue weighted by molar-refractivity contribution is 0.0891. The van der Waals surface area contributed by atoms with Crippen LogP contribution in [0, 0.1) is 12.8 Å². The van der Waals surface area contributed by atoms with Crippen molar-refractivity contribution in [2.24, 2.45) is 5.92 Å². The zero-order chi connectivity index (χ0) is 24.9. The molecule has 1 aliphatic heterocycles. The zero-order valence-electron chi connectivity index (χ0n) is 21.0. The summed E-state index contributed by atoms with van der Waals surface area (Å²) in [5, 5.41) is 4.10. The summed E-state index contributed by atoms with van der Waals surface area (Å²) in [6, 6.07) is 7.78. The number of ether oxygens (including phenoxy) is 1. The van der Waals surface area contributed by atoms with E-state index in [4.69, 9.17) is 17.0 Å². The molecule has 2 aromatic rings. The number of thiocarbonyl (C=S) groups is 1. The van der Waals surface area contributed by atoms with Gasteiger partial charge in [0.2, 0.25) is 15.0 Å². The van der Waals surface area contributed by atoms with E-state index in [-0.39, 0.29) is 29.0 Å². The Morgan fingerprint density at radius 1 is 1.29 bits per heavy atom. The predicted molar refractivity (Wildman–Crippen MR) is 139 cm³/mol. The van der Waals surface area contributed by atoms with Crippen molar-refractivity contribution >= 4 is 27.2 Å². The molecular formula is C25H38N4O3S2. The third kappa shape index (κ3) is 7.02. The van der Waals surface area contributed by atoms with Gasteiger partial charge in [-0.3, -0.25) is 0 Å². The van der Waals surface area contributed by atoms with E-state index >= 15 is 0 Å². The van der Waals surface area contributed by atoms with Gasteiger partial charge in [0, 0.05) is 25.7 Å². The molecule has 0 bridgehead atoms. The maximum Gasteiger partial charge on any atom is 0.228 e. The standard InChI is InChI=1S/C25H38N4O3S2/c1-18(2)14-29-22(15-28(24(33)27-19(3)4)16-23-11-8-12-32-23)13-26-25(29)34(30,31)17-21-10-7-6-9-20(21)5/h6-7,9-10,13,18-19,23H,8,11-12,14-17H2,1-5H3,(H,27,33)/t23-/m1/s1. The van der Waals surface area contributed by atoms with Crippen molar-refractivity contribution in [2.45, 2.75) is 83.6 Å². The molecule has 1 N–H and O–H groups in total. The normalized spacial score (nSPS) is 16.4. The fourth-order valence-electron chi connectivity index (χ4n) is 4.16. The van der Waals surface area contributed by atoms with E-state index in [2.05, 4.69) is 42.9 Å². The molecule has 1 aliphatic rings. The van der Waals surface area contributed by atoms with E-state index in [0.717, 1.165) is 36.3 Å². The van der Waals surface area contributed by atoms with Gasteiger partial charge in [-0.15, -0.1) is 0 Å². The molecule has 1 aromatic heterocycles. The SMILES string of the molecule is Cc1ccccc1CS(=O)(=O)c1ncc(CN(C[C@H]2CCCO2)C(=S)NC(C)C)n1CC(C)C. The summed E-state index contributed by atoms with van der Waals surface area (Å²) >= 11 is 5.71. The molecule has 1 fully saturated rings. The topological polar surface area (TPSA) is 76.5 Å². The van der Waals surface area contributed by atoms with Crippen LogP contribution < -0.4 is 5.32 Å². The molecule has 0 spiro atoms. The molecule has 0 amide bonds. The smallest absolute Gasteiger partial charge is 0.228 e. The number of aromatic nitrogens is 2. The molecule has 7 nitrogen and oxygen atoms in total. The summed E-state index contributed by atoms with van der Waals surface area (Å²) in [7, 11) is -3.63. The number of hydrogen-bond donors (Lipinski definition) is 1. The molecule has 0 radical (unpaired) electrons. The second-order valence-corrected chi connectivity index (χ2v) is 12.1. The minimum absolute atomic E-state index is 0.0683. The molecule has 3 rings (SSSR count). The first-order valence-electron chi connectivity index (χ1n) is 12.1. The van der Waals surface area contributed by atoms with Crippen LogP contribution in [-0.2, 0) is 33.4 Å². The predicted octanol–water partition coefficient (Wildman–Crippen LogP) is 4.09. The van der Waals surface area contributed by atoms with Gasteiger partial charge in [-0.05, 0) is 62.9 Å². The van der Waals surface area contributed by atoms with Gasteiger partial charge in [-0.1, -0.05) is 38.1 Å². The number of nitrogens with one attached hydrogen (secondary N) is 1. The van der Waals surface area contributed by atoms with Crippen molar-refractivity contribution in [3.05, 3.63) is 47.3 Å². The van der Waals surface area contributed by atoms with Gasteiger partial charge in [0.15, 0.2) is 5.11 Å². The van der Waals surface area contributed by atoms with Crippen molar-refractivity contribution in [2.75, 3.05) is 13.2 Å². The highest BCUT2D eigenvalue weighted by Gasteiger charge is 2.27. The van der Waals surface area contributed by atoms with Gasteiger partial charge in [-0.25, -0.2) is 13.4 Å². The van der Waals surface area contributed by atoms with Gasteiger partial charge in [0.05, 0.1) is 30.3 Å². The van der Waals surface area contributed by atoms with Crippen LogP contribution in [0.5, 0.6) is 0 Å². The fourth-order valence-corrected chi connectivity index (χ4v) is 6.13. The minimum Gasteiger partial charge on any atom is -0.376 e. The molecule has 2 heterocycles. The summed E-state index contributed by atoms with van der Waals surface area (Å²) in [5.41, 5.74) is 2.59. The van der Waals surface area contributed by atoms with E-state index in [1.807, 2.05) is 35.8 Å². The van der Waals surface area contributed by atoms with Crippen molar-refractivity contribution in [1.82, 2.24) is 19.8 Å². The Balaban J connectivity index is 1.92. The van der Waals surface area contributed by atoms with Crippen LogP contribution in [0.3, 0.4) is 0 Å². The van der Waals surface area contributed by atoms with Crippen LogP contribution in [-0.4, -0.2) is 53.3 Å². The average Bonchev–Trinajstić information content (AvgIpc) is 3.39. The van der Waals surface area contributed by atoms with Crippen LogP contribution in [0.1, 0.15) is 57.4 Å². The Morgan fingerprint density at radius 3 is 2.65 bits per heavy atom. The Morgan fingerprint density at radius 2 is 2.03 bits per heavy atom. The molecule has 9 heteroatoms. The Labute approximate surface area is 209 Å². The van der Waals surface area contributed by atoms with Crippen molar-refractivity contribution in [3.63, 3.8) is 0 Å². The molecule has 1 saturated heterocycles. The number of rotatable bonds is 10.